The zero-order chi connectivity index (χ0) is 13.4. The van der Waals surface area contributed by atoms with E-state index >= 15 is 0 Å². The lowest BCUT2D eigenvalue weighted by molar-refractivity contribution is 0.416. The second kappa shape index (κ2) is 5.10. The van der Waals surface area contributed by atoms with Crippen LogP contribution in [0.25, 0.3) is 10.9 Å². The molecule has 1 aromatic carbocycles. The van der Waals surface area contributed by atoms with E-state index in [0.29, 0.717) is 0 Å². The lowest BCUT2D eigenvalue weighted by atomic mass is 9.93. The summed E-state index contributed by atoms with van der Waals surface area (Å²) in [6, 6.07) is 8.56. The molecule has 4 rings (SSSR count). The van der Waals surface area contributed by atoms with Crippen LogP contribution in [0.15, 0.2) is 42.6 Å². The highest BCUT2D eigenvalue weighted by atomic mass is 14.9. The molecule has 0 aliphatic heterocycles. The van der Waals surface area contributed by atoms with Crippen LogP contribution in [0.5, 0.6) is 0 Å². The third-order valence-corrected chi connectivity index (χ3v) is 5.07. The molecule has 1 saturated carbocycles. The highest BCUT2D eigenvalue weighted by molar-refractivity contribution is 5.83. The van der Waals surface area contributed by atoms with Gasteiger partial charge in [0.25, 0.3) is 0 Å². The Hall–Kier alpha value is -1.54. The lowest BCUT2D eigenvalue weighted by Crippen LogP contribution is -2.27. The molecule has 3 unspecified atom stereocenters. The van der Waals surface area contributed by atoms with Crippen LogP contribution in [-0.2, 0) is 6.42 Å². The number of benzene rings is 1. The summed E-state index contributed by atoms with van der Waals surface area (Å²) < 4.78 is 0. The molecular weight excluding hydrogens is 244 g/mol. The molecule has 20 heavy (non-hydrogen) atoms. The number of fused-ring (bicyclic) bond motifs is 3. The van der Waals surface area contributed by atoms with Crippen molar-refractivity contribution in [2.24, 2.45) is 17.8 Å². The van der Waals surface area contributed by atoms with Crippen LogP contribution in [0.3, 0.4) is 0 Å². The van der Waals surface area contributed by atoms with E-state index in [0.717, 1.165) is 30.7 Å². The topological polar surface area (TPSA) is 27.8 Å². The summed E-state index contributed by atoms with van der Waals surface area (Å²) >= 11 is 0. The van der Waals surface area contributed by atoms with Crippen molar-refractivity contribution < 1.29 is 0 Å². The Morgan fingerprint density at radius 3 is 2.95 bits per heavy atom. The number of hydrogen-bond donors (Lipinski definition) is 2. The fourth-order valence-corrected chi connectivity index (χ4v) is 3.98. The Morgan fingerprint density at radius 2 is 2.10 bits per heavy atom. The first-order valence-corrected chi connectivity index (χ1v) is 7.84. The summed E-state index contributed by atoms with van der Waals surface area (Å²) in [6.45, 7) is 2.27. The number of aromatic amines is 1. The summed E-state index contributed by atoms with van der Waals surface area (Å²) in [4.78, 5) is 3.36. The highest BCUT2D eigenvalue weighted by Crippen LogP contribution is 2.42. The normalized spacial score (nSPS) is 27.7. The minimum atomic E-state index is 0.862. The largest absolute Gasteiger partial charge is 0.361 e. The monoisotopic (exact) mass is 266 g/mol. The van der Waals surface area contributed by atoms with Crippen LogP contribution in [0, 0.1) is 17.8 Å². The number of H-pyrrole nitrogens is 1. The molecule has 2 bridgehead atoms. The Bertz CT molecular complexity index is 625. The van der Waals surface area contributed by atoms with Crippen molar-refractivity contribution in [2.75, 3.05) is 13.1 Å². The van der Waals surface area contributed by atoms with Crippen LogP contribution in [0.1, 0.15) is 18.4 Å². The minimum absolute atomic E-state index is 0.862. The lowest BCUT2D eigenvalue weighted by Gasteiger charge is -2.18. The summed E-state index contributed by atoms with van der Waals surface area (Å²) in [5.41, 5.74) is 2.68. The van der Waals surface area contributed by atoms with E-state index in [1.807, 2.05) is 0 Å². The SMILES string of the molecule is C1=CC2CC1CC2CNCCc1c[nH]c2ccccc12. The van der Waals surface area contributed by atoms with Gasteiger partial charge in [0.1, 0.15) is 0 Å². The summed E-state index contributed by atoms with van der Waals surface area (Å²) in [7, 11) is 0. The second-order valence-electron chi connectivity index (χ2n) is 6.35. The average molecular weight is 266 g/mol. The van der Waals surface area contributed by atoms with Crippen LogP contribution < -0.4 is 5.32 Å². The smallest absolute Gasteiger partial charge is 0.0456 e. The molecular formula is C18H22N2. The molecule has 1 aromatic heterocycles. The maximum absolute atomic E-state index is 3.67. The molecule has 0 saturated heterocycles. The summed E-state index contributed by atoms with van der Waals surface area (Å²) in [5, 5.41) is 5.04. The maximum atomic E-state index is 3.67. The fraction of sp³-hybridized carbons (Fsp3) is 0.444. The van der Waals surface area contributed by atoms with Crippen molar-refractivity contribution in [3.05, 3.63) is 48.2 Å². The number of allylic oxidation sites excluding steroid dienone is 2. The molecule has 1 heterocycles. The molecule has 0 spiro atoms. The van der Waals surface area contributed by atoms with E-state index in [1.54, 1.807) is 0 Å². The molecule has 2 aliphatic rings. The minimum Gasteiger partial charge on any atom is -0.361 e. The molecule has 2 heteroatoms. The molecule has 0 radical (unpaired) electrons. The first-order chi connectivity index (χ1) is 9.90. The predicted molar refractivity (Wildman–Crippen MR) is 83.7 cm³/mol. The quantitative estimate of drug-likeness (QED) is 0.629. The first-order valence-electron chi connectivity index (χ1n) is 7.84. The molecule has 2 nitrogen and oxygen atoms in total. The van der Waals surface area contributed by atoms with Crippen LogP contribution in [0.4, 0.5) is 0 Å². The molecule has 2 aliphatic carbocycles. The van der Waals surface area contributed by atoms with E-state index in [-0.39, 0.29) is 0 Å². The van der Waals surface area contributed by atoms with Crippen LogP contribution in [-0.4, -0.2) is 18.1 Å². The van der Waals surface area contributed by atoms with Gasteiger partial charge in [0.05, 0.1) is 0 Å². The van der Waals surface area contributed by atoms with Gasteiger partial charge in [-0.1, -0.05) is 30.4 Å². The van der Waals surface area contributed by atoms with Gasteiger partial charge < -0.3 is 10.3 Å². The Kier molecular flexibility index (Phi) is 3.12. The van der Waals surface area contributed by atoms with Crippen molar-refractivity contribution in [1.29, 1.82) is 0 Å². The Labute approximate surface area is 120 Å². The third-order valence-electron chi connectivity index (χ3n) is 5.07. The second-order valence-corrected chi connectivity index (χ2v) is 6.35. The van der Waals surface area contributed by atoms with Gasteiger partial charge in [0, 0.05) is 17.1 Å². The van der Waals surface area contributed by atoms with E-state index in [1.165, 1.54) is 35.9 Å². The van der Waals surface area contributed by atoms with Gasteiger partial charge in [-0.25, -0.2) is 0 Å². The van der Waals surface area contributed by atoms with Crippen molar-refractivity contribution in [3.63, 3.8) is 0 Å². The van der Waals surface area contributed by atoms with E-state index in [4.69, 9.17) is 0 Å². The molecule has 2 aromatic rings. The standard InChI is InChI=1S/C18H22N2/c1-2-4-18-17(3-1)15(12-20-18)7-8-19-11-16-10-13-5-6-14(16)9-13/h1-6,12-14,16,19-20H,7-11H2. The number of hydrogen-bond acceptors (Lipinski definition) is 1. The van der Waals surface area contributed by atoms with Crippen molar-refractivity contribution in [1.82, 2.24) is 10.3 Å². The van der Waals surface area contributed by atoms with Gasteiger partial charge in [-0.15, -0.1) is 0 Å². The fourth-order valence-electron chi connectivity index (χ4n) is 3.98. The molecule has 104 valence electrons. The molecule has 0 amide bonds. The molecule has 3 atom stereocenters. The number of nitrogens with one attached hydrogen (secondary N) is 2. The predicted octanol–water partition coefficient (Wildman–Crippen LogP) is 3.51. The summed E-state index contributed by atoms with van der Waals surface area (Å²) in [6.07, 6.45) is 11.0. The van der Waals surface area contributed by atoms with Crippen molar-refractivity contribution in [3.8, 4) is 0 Å². The Morgan fingerprint density at radius 1 is 1.15 bits per heavy atom. The highest BCUT2D eigenvalue weighted by Gasteiger charge is 2.34. The van der Waals surface area contributed by atoms with Gasteiger partial charge in [0.15, 0.2) is 0 Å². The third kappa shape index (κ3) is 2.18. The van der Waals surface area contributed by atoms with Gasteiger partial charge in [0.2, 0.25) is 0 Å². The van der Waals surface area contributed by atoms with E-state index < -0.39 is 0 Å². The van der Waals surface area contributed by atoms with Gasteiger partial charge in [-0.05, 0) is 61.7 Å². The van der Waals surface area contributed by atoms with Crippen molar-refractivity contribution >= 4 is 10.9 Å². The van der Waals surface area contributed by atoms with Gasteiger partial charge in [-0.2, -0.15) is 0 Å². The average Bonchev–Trinajstić information content (AvgIpc) is 3.19. The first kappa shape index (κ1) is 12.2. The van der Waals surface area contributed by atoms with Gasteiger partial charge >= 0.3 is 0 Å². The van der Waals surface area contributed by atoms with Crippen molar-refractivity contribution in [2.45, 2.75) is 19.3 Å². The van der Waals surface area contributed by atoms with E-state index in [9.17, 15) is 0 Å². The summed E-state index contributed by atoms with van der Waals surface area (Å²) in [5.74, 6) is 2.63. The zero-order valence-electron chi connectivity index (χ0n) is 11.8. The zero-order valence-corrected chi connectivity index (χ0v) is 11.8. The number of para-hydroxylation sites is 1. The van der Waals surface area contributed by atoms with E-state index in [2.05, 4.69) is 52.9 Å². The van der Waals surface area contributed by atoms with Gasteiger partial charge in [-0.3, -0.25) is 0 Å². The number of aromatic nitrogens is 1. The molecule has 2 N–H and O–H groups in total. The van der Waals surface area contributed by atoms with Crippen LogP contribution in [0.2, 0.25) is 0 Å². The van der Waals surface area contributed by atoms with Crippen LogP contribution >= 0.6 is 0 Å². The number of rotatable bonds is 5. The molecule has 1 fully saturated rings. The maximum Gasteiger partial charge on any atom is 0.0456 e. The Balaban J connectivity index is 1.30.